The summed E-state index contributed by atoms with van der Waals surface area (Å²) in [4.78, 5) is 28.4. The Morgan fingerprint density at radius 2 is 2.21 bits per heavy atom. The minimum atomic E-state index is -0.544. The first-order valence-corrected chi connectivity index (χ1v) is 8.29. The number of hydrogen-bond donors (Lipinski definition) is 0. The molecule has 6 nitrogen and oxygen atoms in total. The number of carbonyl (C=O) groups excluding carboxylic acids is 1. The molecule has 0 amide bonds. The number of aryl methyl sites for hydroxylation is 1. The lowest BCUT2D eigenvalue weighted by Gasteiger charge is -2.09. The Hall–Kier alpha value is -2.38. The minimum absolute atomic E-state index is 0.0779. The molecule has 2 aromatic heterocycles. The van der Waals surface area contributed by atoms with Gasteiger partial charge in [0.1, 0.15) is 12.4 Å². The SMILES string of the molecule is Cc1cc(Cl)ccc1OCC(=O)OCc1cc(=O)n2ccsc2n1. The van der Waals surface area contributed by atoms with E-state index < -0.39 is 5.97 Å². The van der Waals surface area contributed by atoms with E-state index in [0.29, 0.717) is 21.4 Å². The molecule has 0 saturated carbocycles. The Morgan fingerprint density at radius 1 is 1.38 bits per heavy atom. The molecule has 0 atom stereocenters. The standard InChI is InChI=1S/C16H13ClN2O4S/c1-10-6-11(17)2-3-13(10)22-9-15(21)23-8-12-7-14(20)19-4-5-24-16(19)18-12/h2-7H,8-9H2,1H3. The molecule has 0 radical (unpaired) electrons. The van der Waals surface area contributed by atoms with Crippen LogP contribution in [0.25, 0.3) is 4.96 Å². The van der Waals surface area contributed by atoms with E-state index in [0.717, 1.165) is 5.56 Å². The van der Waals surface area contributed by atoms with Gasteiger partial charge < -0.3 is 9.47 Å². The number of nitrogens with zero attached hydrogens (tertiary/aromatic N) is 2. The molecule has 124 valence electrons. The van der Waals surface area contributed by atoms with Crippen molar-refractivity contribution in [2.24, 2.45) is 0 Å². The van der Waals surface area contributed by atoms with E-state index in [1.54, 1.807) is 29.8 Å². The van der Waals surface area contributed by atoms with E-state index in [-0.39, 0.29) is 18.8 Å². The minimum Gasteiger partial charge on any atom is -0.482 e. The van der Waals surface area contributed by atoms with Crippen LogP contribution in [-0.4, -0.2) is 22.0 Å². The quantitative estimate of drug-likeness (QED) is 0.651. The first-order valence-electron chi connectivity index (χ1n) is 7.03. The highest BCUT2D eigenvalue weighted by molar-refractivity contribution is 7.15. The average molecular weight is 365 g/mol. The second-order valence-corrected chi connectivity index (χ2v) is 6.31. The second-order valence-electron chi connectivity index (χ2n) is 5.00. The maximum atomic E-state index is 11.8. The van der Waals surface area contributed by atoms with Gasteiger partial charge in [-0.05, 0) is 30.7 Å². The number of carbonyl (C=O) groups is 1. The molecule has 24 heavy (non-hydrogen) atoms. The van der Waals surface area contributed by atoms with Crippen molar-refractivity contribution in [2.45, 2.75) is 13.5 Å². The number of hydrogen-bond acceptors (Lipinski definition) is 6. The first-order chi connectivity index (χ1) is 11.5. The van der Waals surface area contributed by atoms with E-state index in [4.69, 9.17) is 21.1 Å². The van der Waals surface area contributed by atoms with Crippen molar-refractivity contribution >= 4 is 33.9 Å². The molecular weight excluding hydrogens is 352 g/mol. The van der Waals surface area contributed by atoms with Gasteiger partial charge in [-0.1, -0.05) is 11.6 Å². The Kier molecular flexibility index (Phi) is 4.82. The third-order valence-electron chi connectivity index (χ3n) is 3.22. The van der Waals surface area contributed by atoms with Crippen molar-refractivity contribution in [1.82, 2.24) is 9.38 Å². The maximum Gasteiger partial charge on any atom is 0.344 e. The topological polar surface area (TPSA) is 69.9 Å². The zero-order valence-corrected chi connectivity index (χ0v) is 14.3. The molecule has 2 heterocycles. The summed E-state index contributed by atoms with van der Waals surface area (Å²) in [7, 11) is 0. The lowest BCUT2D eigenvalue weighted by atomic mass is 10.2. The van der Waals surface area contributed by atoms with Crippen molar-refractivity contribution < 1.29 is 14.3 Å². The van der Waals surface area contributed by atoms with Crippen LogP contribution in [0.1, 0.15) is 11.3 Å². The van der Waals surface area contributed by atoms with Crippen molar-refractivity contribution in [1.29, 1.82) is 0 Å². The van der Waals surface area contributed by atoms with Crippen LogP contribution < -0.4 is 10.3 Å². The van der Waals surface area contributed by atoms with Crippen LogP contribution in [0, 0.1) is 6.92 Å². The molecule has 0 aliphatic carbocycles. The number of ether oxygens (including phenoxy) is 2. The summed E-state index contributed by atoms with van der Waals surface area (Å²) in [6.45, 7) is 1.52. The van der Waals surface area contributed by atoms with E-state index in [9.17, 15) is 9.59 Å². The number of benzene rings is 1. The molecule has 0 N–H and O–H groups in total. The van der Waals surface area contributed by atoms with Gasteiger partial charge in [0.15, 0.2) is 11.6 Å². The summed E-state index contributed by atoms with van der Waals surface area (Å²) in [5, 5.41) is 2.37. The van der Waals surface area contributed by atoms with Crippen LogP contribution in [0.5, 0.6) is 5.75 Å². The Labute approximate surface area is 146 Å². The summed E-state index contributed by atoms with van der Waals surface area (Å²) < 4.78 is 11.9. The summed E-state index contributed by atoms with van der Waals surface area (Å²) in [5.74, 6) is 0.0188. The maximum absolute atomic E-state index is 11.8. The zero-order chi connectivity index (χ0) is 17.1. The average Bonchev–Trinajstić information content (AvgIpc) is 3.01. The smallest absolute Gasteiger partial charge is 0.344 e. The highest BCUT2D eigenvalue weighted by Crippen LogP contribution is 2.21. The second kappa shape index (κ2) is 7.02. The molecule has 3 rings (SSSR count). The molecule has 3 aromatic rings. The van der Waals surface area contributed by atoms with Gasteiger partial charge in [0.05, 0.1) is 5.69 Å². The van der Waals surface area contributed by atoms with Gasteiger partial charge in [-0.25, -0.2) is 9.78 Å². The fourth-order valence-corrected chi connectivity index (χ4v) is 3.03. The van der Waals surface area contributed by atoms with E-state index in [1.165, 1.54) is 21.8 Å². The molecule has 0 aliphatic rings. The van der Waals surface area contributed by atoms with Crippen LogP contribution in [0.2, 0.25) is 5.02 Å². The molecular formula is C16H13ClN2O4S. The van der Waals surface area contributed by atoms with Gasteiger partial charge in [-0.2, -0.15) is 0 Å². The fraction of sp³-hybridized carbons (Fsp3) is 0.188. The van der Waals surface area contributed by atoms with Gasteiger partial charge in [-0.3, -0.25) is 9.20 Å². The van der Waals surface area contributed by atoms with Crippen molar-refractivity contribution in [3.8, 4) is 5.75 Å². The highest BCUT2D eigenvalue weighted by atomic mass is 35.5. The first kappa shape index (κ1) is 16.5. The Balaban J connectivity index is 1.57. The Bertz CT molecular complexity index is 951. The lowest BCUT2D eigenvalue weighted by Crippen LogP contribution is -2.17. The fourth-order valence-electron chi connectivity index (χ4n) is 2.07. The highest BCUT2D eigenvalue weighted by Gasteiger charge is 2.09. The lowest BCUT2D eigenvalue weighted by molar-refractivity contribution is -0.147. The molecule has 1 aromatic carbocycles. The van der Waals surface area contributed by atoms with E-state index in [2.05, 4.69) is 4.98 Å². The number of thiazole rings is 1. The van der Waals surface area contributed by atoms with Crippen molar-refractivity contribution in [3.63, 3.8) is 0 Å². The Morgan fingerprint density at radius 3 is 3.00 bits per heavy atom. The molecule has 0 unspecified atom stereocenters. The van der Waals surface area contributed by atoms with Gasteiger partial charge in [0.25, 0.3) is 5.56 Å². The number of halogens is 1. The predicted octanol–water partition coefficient (Wildman–Crippen LogP) is 2.84. The number of fused-ring (bicyclic) bond motifs is 1. The van der Waals surface area contributed by atoms with E-state index in [1.807, 2.05) is 6.92 Å². The third-order valence-corrected chi connectivity index (χ3v) is 4.21. The molecule has 0 saturated heterocycles. The van der Waals surface area contributed by atoms with Crippen molar-refractivity contribution in [2.75, 3.05) is 6.61 Å². The summed E-state index contributed by atoms with van der Waals surface area (Å²) in [6, 6.07) is 6.47. The number of aromatic nitrogens is 2. The van der Waals surface area contributed by atoms with Gasteiger partial charge >= 0.3 is 5.97 Å². The monoisotopic (exact) mass is 364 g/mol. The van der Waals surface area contributed by atoms with E-state index >= 15 is 0 Å². The zero-order valence-electron chi connectivity index (χ0n) is 12.7. The summed E-state index contributed by atoms with van der Waals surface area (Å²) in [6.07, 6.45) is 1.65. The van der Waals surface area contributed by atoms with Crippen LogP contribution >= 0.6 is 22.9 Å². The summed E-state index contributed by atoms with van der Waals surface area (Å²) >= 11 is 7.20. The predicted molar refractivity (Wildman–Crippen MR) is 90.8 cm³/mol. The van der Waals surface area contributed by atoms with Gasteiger partial charge in [0.2, 0.25) is 0 Å². The molecule has 0 bridgehead atoms. The van der Waals surface area contributed by atoms with Crippen molar-refractivity contribution in [3.05, 3.63) is 62.5 Å². The van der Waals surface area contributed by atoms with Crippen LogP contribution in [0.15, 0.2) is 40.6 Å². The third kappa shape index (κ3) is 3.74. The molecule has 0 fully saturated rings. The number of rotatable bonds is 5. The normalized spacial score (nSPS) is 10.8. The largest absolute Gasteiger partial charge is 0.482 e. The number of esters is 1. The van der Waals surface area contributed by atoms with Gasteiger partial charge in [-0.15, -0.1) is 11.3 Å². The van der Waals surface area contributed by atoms with Gasteiger partial charge in [0, 0.05) is 22.7 Å². The summed E-state index contributed by atoms with van der Waals surface area (Å²) in [5.41, 5.74) is 1.02. The molecule has 0 spiro atoms. The van der Waals surface area contributed by atoms with Crippen LogP contribution in [-0.2, 0) is 16.1 Å². The molecule has 8 heteroatoms. The van der Waals surface area contributed by atoms with Crippen LogP contribution in [0.4, 0.5) is 0 Å². The van der Waals surface area contributed by atoms with Crippen LogP contribution in [0.3, 0.4) is 0 Å². The molecule has 0 aliphatic heterocycles.